The molecule has 0 spiro atoms. The van der Waals surface area contributed by atoms with Crippen LogP contribution in [0.4, 0.5) is 5.82 Å². The number of aliphatic imine (C=N–C) groups is 2. The first-order chi connectivity index (χ1) is 19.4. The number of Topliss-reactive ketones (excluding diaryl/α,β-unsaturated/α-hetero) is 1. The van der Waals surface area contributed by atoms with Crippen LogP contribution in [0.1, 0.15) is 66.4 Å². The van der Waals surface area contributed by atoms with E-state index in [2.05, 4.69) is 15.3 Å². The summed E-state index contributed by atoms with van der Waals surface area (Å²) >= 11 is 0. The Labute approximate surface area is 232 Å². The van der Waals surface area contributed by atoms with Crippen molar-refractivity contribution in [2.45, 2.75) is 44.9 Å². The number of fused-ring (bicyclic) bond motifs is 1. The van der Waals surface area contributed by atoms with E-state index in [9.17, 15) is 14.4 Å². The molecule has 4 heterocycles. The molecule has 40 heavy (non-hydrogen) atoms. The summed E-state index contributed by atoms with van der Waals surface area (Å²) in [6.45, 7) is 2.66. The van der Waals surface area contributed by atoms with Gasteiger partial charge in [0.05, 0.1) is 18.0 Å². The smallest absolute Gasteiger partial charge is 0.289 e. The number of allylic oxidation sites excluding steroid dienone is 1. The molecule has 1 aromatic carbocycles. The van der Waals surface area contributed by atoms with E-state index in [0.717, 1.165) is 29.8 Å². The minimum absolute atomic E-state index is 0.0715. The normalized spacial score (nSPS) is 23.6. The molecule has 1 saturated heterocycles. The maximum atomic E-state index is 12.9. The fraction of sp³-hybridized carbons (Fsp3) is 0.333. The fourth-order valence-electron chi connectivity index (χ4n) is 5.56. The van der Waals surface area contributed by atoms with Gasteiger partial charge in [-0.2, -0.15) is 10.8 Å². The largest absolute Gasteiger partial charge is 0.335 e. The van der Waals surface area contributed by atoms with Crippen molar-refractivity contribution in [1.82, 2.24) is 9.88 Å². The summed E-state index contributed by atoms with van der Waals surface area (Å²) in [4.78, 5) is 52.8. The molecule has 2 atom stereocenters. The summed E-state index contributed by atoms with van der Waals surface area (Å²) in [6.07, 6.45) is 11.0. The molecular weight excluding hydrogens is 506 g/mol. The first kappa shape index (κ1) is 26.0. The molecule has 4 aliphatic rings. The average molecular weight is 539 g/mol. The zero-order chi connectivity index (χ0) is 27.9. The second-order valence-electron chi connectivity index (χ2n) is 10.7. The molecule has 6 rings (SSSR count). The molecule has 1 saturated carbocycles. The first-order valence-electron chi connectivity index (χ1n) is 13.8. The Bertz CT molecular complexity index is 1500. The van der Waals surface area contributed by atoms with E-state index in [1.54, 1.807) is 48.8 Å². The van der Waals surface area contributed by atoms with Crippen LogP contribution in [-0.2, 0) is 9.59 Å². The molecule has 2 unspecified atom stereocenters. The molecule has 2 aromatic rings. The number of nitrogens with one attached hydrogen (secondary N) is 1. The Morgan fingerprint density at radius 1 is 1.10 bits per heavy atom. The lowest BCUT2D eigenvalue weighted by atomic mass is 9.93. The van der Waals surface area contributed by atoms with Crippen LogP contribution in [0.2, 0.25) is 0 Å². The van der Waals surface area contributed by atoms with Gasteiger partial charge in [-0.1, -0.05) is 6.92 Å². The molecule has 2 fully saturated rings. The molecule has 10 heteroatoms. The van der Waals surface area contributed by atoms with E-state index in [0.29, 0.717) is 36.2 Å². The number of piperidine rings is 1. The fourth-order valence-corrected chi connectivity index (χ4v) is 5.56. The van der Waals surface area contributed by atoms with Crippen LogP contribution in [0.5, 0.6) is 0 Å². The third-order valence-corrected chi connectivity index (χ3v) is 7.96. The van der Waals surface area contributed by atoms with Crippen LogP contribution in [0.25, 0.3) is 0 Å². The number of amidine groups is 1. The van der Waals surface area contributed by atoms with Crippen LogP contribution >= 0.6 is 0 Å². The van der Waals surface area contributed by atoms with E-state index >= 15 is 0 Å². The number of likely N-dealkylation sites (tertiary alicyclic amines) is 1. The number of rotatable bonds is 7. The number of pyridine rings is 1. The summed E-state index contributed by atoms with van der Waals surface area (Å²) in [5, 5.41) is 2.90. The number of benzene rings is 1. The van der Waals surface area contributed by atoms with Crippen LogP contribution in [0.3, 0.4) is 0 Å². The minimum atomic E-state index is -0.436. The minimum Gasteiger partial charge on any atom is -0.335 e. The van der Waals surface area contributed by atoms with Gasteiger partial charge in [-0.25, -0.2) is 4.98 Å². The standard InChI is InChI=1S/C30H31N7O3/c1-2-25(38)30(40)36-14-3-4-23(18-36)27-24-17-32-13-15-37(24,31)28(35-27)20-7-9-21(10-8-20)29(39)34-26-16-22(11-12-33-26)19-5-6-19/h7-13,15-17,19,23H,2-6,14,18,31H2,1H3/p+1. The van der Waals surface area contributed by atoms with Gasteiger partial charge in [0.25, 0.3) is 17.6 Å². The molecule has 0 bridgehead atoms. The molecular formula is C30H32N7O3+. The number of hydrogen-bond donors (Lipinski definition) is 2. The number of anilines is 1. The second-order valence-corrected chi connectivity index (χ2v) is 10.7. The third kappa shape index (κ3) is 4.80. The molecule has 3 N–H and O–H groups in total. The van der Waals surface area contributed by atoms with Crippen molar-refractivity contribution in [3.63, 3.8) is 0 Å². The van der Waals surface area contributed by atoms with Gasteiger partial charge in [0.15, 0.2) is 0 Å². The van der Waals surface area contributed by atoms with Crippen molar-refractivity contribution in [3.8, 4) is 0 Å². The highest BCUT2D eigenvalue weighted by Crippen LogP contribution is 2.40. The summed E-state index contributed by atoms with van der Waals surface area (Å²) in [5.41, 5.74) is 3.98. The van der Waals surface area contributed by atoms with Crippen molar-refractivity contribution in [1.29, 1.82) is 0 Å². The quantitative estimate of drug-likeness (QED) is 0.316. The Morgan fingerprint density at radius 2 is 1.90 bits per heavy atom. The number of ketones is 1. The highest BCUT2D eigenvalue weighted by Gasteiger charge is 2.46. The van der Waals surface area contributed by atoms with Gasteiger partial charge in [-0.05, 0) is 73.6 Å². The lowest BCUT2D eigenvalue weighted by Gasteiger charge is -2.32. The number of hydrogen-bond acceptors (Lipinski definition) is 7. The molecule has 0 radical (unpaired) electrons. The highest BCUT2D eigenvalue weighted by atomic mass is 16.2. The van der Waals surface area contributed by atoms with Gasteiger partial charge >= 0.3 is 0 Å². The van der Waals surface area contributed by atoms with E-state index in [-0.39, 0.29) is 28.6 Å². The number of carbonyl (C=O) groups is 3. The maximum absolute atomic E-state index is 12.9. The van der Waals surface area contributed by atoms with Crippen molar-refractivity contribution in [2.75, 3.05) is 18.4 Å². The monoisotopic (exact) mass is 538 g/mol. The molecule has 3 aliphatic heterocycles. The Balaban J connectivity index is 1.23. The average Bonchev–Trinajstić information content (AvgIpc) is 3.79. The van der Waals surface area contributed by atoms with Gasteiger partial charge in [0.2, 0.25) is 11.5 Å². The molecule has 2 amide bonds. The summed E-state index contributed by atoms with van der Waals surface area (Å²) in [5.74, 6) is 7.49. The topological polar surface area (TPSA) is 130 Å². The van der Waals surface area contributed by atoms with Crippen molar-refractivity contribution >= 4 is 35.5 Å². The molecule has 1 aromatic heterocycles. The third-order valence-electron chi connectivity index (χ3n) is 7.96. The van der Waals surface area contributed by atoms with Crippen molar-refractivity contribution < 1.29 is 19.0 Å². The van der Waals surface area contributed by atoms with Gasteiger partial charge in [-0.3, -0.25) is 19.4 Å². The number of quaternary nitrogens is 1. The predicted molar refractivity (Wildman–Crippen MR) is 151 cm³/mol. The van der Waals surface area contributed by atoms with E-state index in [1.807, 2.05) is 24.3 Å². The molecule has 204 valence electrons. The van der Waals surface area contributed by atoms with Crippen molar-refractivity contribution in [2.24, 2.45) is 21.7 Å². The number of amides is 2. The number of aromatic nitrogens is 1. The van der Waals surface area contributed by atoms with E-state index < -0.39 is 5.91 Å². The molecule has 1 aliphatic carbocycles. The SMILES string of the molecule is CCC(=O)C(=O)N1CCCC(C2=C3C=NC=C[N+]3(N)C(c3ccc(C(=O)Nc4cc(C5CC5)ccn4)cc3)=N2)C1. The lowest BCUT2D eigenvalue weighted by Crippen LogP contribution is -2.53. The van der Waals surface area contributed by atoms with Gasteiger partial charge in [-0.15, -0.1) is 4.59 Å². The highest BCUT2D eigenvalue weighted by molar-refractivity contribution is 6.36. The second kappa shape index (κ2) is 10.4. The van der Waals surface area contributed by atoms with Gasteiger partial charge < -0.3 is 10.2 Å². The first-order valence-corrected chi connectivity index (χ1v) is 13.8. The van der Waals surface area contributed by atoms with Crippen LogP contribution in [0, 0.1) is 5.92 Å². The summed E-state index contributed by atoms with van der Waals surface area (Å²) in [6, 6.07) is 11.1. The Kier molecular flexibility index (Phi) is 6.73. The Hall–Kier alpha value is -4.28. The van der Waals surface area contributed by atoms with Crippen LogP contribution < -0.4 is 11.2 Å². The zero-order valence-corrected chi connectivity index (χ0v) is 22.4. The zero-order valence-electron chi connectivity index (χ0n) is 22.4. The van der Waals surface area contributed by atoms with E-state index in [4.69, 9.17) is 10.8 Å². The van der Waals surface area contributed by atoms with E-state index in [1.165, 1.54) is 18.4 Å². The summed E-state index contributed by atoms with van der Waals surface area (Å²) < 4.78 is -0.152. The number of carbonyl (C=O) groups excluding carboxylic acids is 3. The van der Waals surface area contributed by atoms with Crippen molar-refractivity contribution in [3.05, 3.63) is 83.1 Å². The van der Waals surface area contributed by atoms with Crippen LogP contribution in [-0.4, -0.2) is 57.2 Å². The Morgan fingerprint density at radius 3 is 2.65 bits per heavy atom. The van der Waals surface area contributed by atoms with Gasteiger partial charge in [0.1, 0.15) is 17.7 Å². The lowest BCUT2D eigenvalue weighted by molar-refractivity contribution is -0.750. The van der Waals surface area contributed by atoms with Crippen LogP contribution in [0.15, 0.2) is 76.4 Å². The predicted octanol–water partition coefficient (Wildman–Crippen LogP) is 3.65. The summed E-state index contributed by atoms with van der Waals surface area (Å²) in [7, 11) is 0. The maximum Gasteiger partial charge on any atom is 0.289 e. The number of nitrogens with two attached hydrogens (primary N) is 1. The molecule has 10 nitrogen and oxygen atoms in total. The van der Waals surface area contributed by atoms with Gasteiger partial charge in [0, 0.05) is 37.2 Å². The number of nitrogens with zero attached hydrogens (tertiary/aromatic N) is 5.